The number of rotatable bonds is 6. The van der Waals surface area contributed by atoms with Gasteiger partial charge in [0.1, 0.15) is 5.75 Å². The Kier molecular flexibility index (Phi) is 5.65. The molecule has 2 aromatic rings. The number of nitrogens with zero attached hydrogens (tertiary/aromatic N) is 2. The lowest BCUT2D eigenvalue weighted by Gasteiger charge is -2.22. The number of ether oxygens (including phenoxy) is 1. The number of nitrogens with one attached hydrogen (secondary N) is 1. The summed E-state index contributed by atoms with van der Waals surface area (Å²) in [6.07, 6.45) is 2.76. The molecule has 0 aliphatic carbocycles. The van der Waals surface area contributed by atoms with Gasteiger partial charge in [0.25, 0.3) is 0 Å². The molecule has 0 bridgehead atoms. The van der Waals surface area contributed by atoms with Gasteiger partial charge in [-0.05, 0) is 69.2 Å². The second-order valence-corrected chi connectivity index (χ2v) is 6.85. The topological polar surface area (TPSA) is 36.9 Å². The summed E-state index contributed by atoms with van der Waals surface area (Å²) < 4.78 is 5.58. The molecule has 0 saturated heterocycles. The standard InChI is InChI=1S/C23H27N3O/c1-6-24-26(18(5)16(2)3)22-9-7-8-19(15-22)17(4)25-21-10-11-23-20(14-21)12-13-27-23/h6-11,14-15,25H,4,12-13H2,1-3,5H3/b24-6+. The van der Waals surface area contributed by atoms with Crippen molar-refractivity contribution in [2.75, 3.05) is 16.9 Å². The van der Waals surface area contributed by atoms with E-state index in [1.807, 2.05) is 30.1 Å². The van der Waals surface area contributed by atoms with Crippen molar-refractivity contribution < 1.29 is 4.74 Å². The highest BCUT2D eigenvalue weighted by Gasteiger charge is 2.13. The van der Waals surface area contributed by atoms with Crippen LogP contribution in [-0.2, 0) is 6.42 Å². The molecule has 0 radical (unpaired) electrons. The first-order valence-electron chi connectivity index (χ1n) is 9.24. The molecule has 1 aliphatic rings. The molecule has 0 unspecified atom stereocenters. The van der Waals surface area contributed by atoms with E-state index in [0.717, 1.165) is 47.1 Å². The summed E-state index contributed by atoms with van der Waals surface area (Å²) in [5, 5.41) is 9.90. The predicted molar refractivity (Wildman–Crippen MR) is 115 cm³/mol. The highest BCUT2D eigenvalue weighted by molar-refractivity contribution is 5.78. The van der Waals surface area contributed by atoms with Crippen molar-refractivity contribution in [1.82, 2.24) is 0 Å². The molecule has 0 atom stereocenters. The molecule has 1 aliphatic heterocycles. The van der Waals surface area contributed by atoms with E-state index in [0.29, 0.717) is 0 Å². The van der Waals surface area contributed by atoms with Gasteiger partial charge >= 0.3 is 0 Å². The van der Waals surface area contributed by atoms with Crippen molar-refractivity contribution in [3.05, 3.63) is 71.4 Å². The van der Waals surface area contributed by atoms with Crippen molar-refractivity contribution in [2.45, 2.75) is 34.1 Å². The minimum atomic E-state index is 0.763. The van der Waals surface area contributed by atoms with Crippen LogP contribution in [0.3, 0.4) is 0 Å². The first-order valence-corrected chi connectivity index (χ1v) is 9.24. The summed E-state index contributed by atoms with van der Waals surface area (Å²) in [6.45, 7) is 13.2. The van der Waals surface area contributed by atoms with E-state index in [1.54, 1.807) is 6.21 Å². The van der Waals surface area contributed by atoms with E-state index in [9.17, 15) is 0 Å². The van der Waals surface area contributed by atoms with Crippen LogP contribution < -0.4 is 15.1 Å². The second kappa shape index (κ2) is 8.12. The van der Waals surface area contributed by atoms with Gasteiger partial charge in [-0.1, -0.05) is 24.3 Å². The predicted octanol–water partition coefficient (Wildman–Crippen LogP) is 5.83. The quantitative estimate of drug-likeness (QED) is 0.519. The molecule has 0 amide bonds. The summed E-state index contributed by atoms with van der Waals surface area (Å²) in [4.78, 5) is 0. The molecule has 1 N–H and O–H groups in total. The van der Waals surface area contributed by atoms with E-state index in [-0.39, 0.29) is 0 Å². The summed E-state index contributed by atoms with van der Waals surface area (Å²) in [7, 11) is 0. The van der Waals surface area contributed by atoms with Crippen molar-refractivity contribution in [2.24, 2.45) is 5.10 Å². The van der Waals surface area contributed by atoms with Crippen LogP contribution in [0.15, 0.2) is 65.4 Å². The minimum absolute atomic E-state index is 0.763. The summed E-state index contributed by atoms with van der Waals surface area (Å²) >= 11 is 0. The minimum Gasteiger partial charge on any atom is -0.493 e. The van der Waals surface area contributed by atoms with Crippen molar-refractivity contribution in [1.29, 1.82) is 0 Å². The molecule has 4 heteroatoms. The maximum atomic E-state index is 5.58. The Morgan fingerprint density at radius 2 is 2.00 bits per heavy atom. The Labute approximate surface area is 161 Å². The Balaban J connectivity index is 1.84. The van der Waals surface area contributed by atoms with E-state index < -0.39 is 0 Å². The maximum Gasteiger partial charge on any atom is 0.122 e. The average Bonchev–Trinajstić information content (AvgIpc) is 3.13. The van der Waals surface area contributed by atoms with Crippen molar-refractivity contribution in [3.8, 4) is 5.75 Å². The number of anilines is 2. The van der Waals surface area contributed by atoms with Crippen LogP contribution >= 0.6 is 0 Å². The fourth-order valence-corrected chi connectivity index (χ4v) is 3.01. The van der Waals surface area contributed by atoms with Gasteiger partial charge in [-0.2, -0.15) is 5.10 Å². The molecular formula is C23H27N3O. The molecule has 140 valence electrons. The van der Waals surface area contributed by atoms with E-state index in [4.69, 9.17) is 4.74 Å². The van der Waals surface area contributed by atoms with E-state index in [1.165, 1.54) is 11.1 Å². The third kappa shape index (κ3) is 4.22. The van der Waals surface area contributed by atoms with Crippen molar-refractivity contribution >= 4 is 23.3 Å². The van der Waals surface area contributed by atoms with Gasteiger partial charge in [0.05, 0.1) is 12.3 Å². The van der Waals surface area contributed by atoms with Gasteiger partial charge in [-0.3, -0.25) is 0 Å². The summed E-state index contributed by atoms with van der Waals surface area (Å²) in [5.74, 6) is 0.985. The third-order valence-electron chi connectivity index (χ3n) is 4.70. The Morgan fingerprint density at radius 3 is 2.74 bits per heavy atom. The number of hydrogen-bond donors (Lipinski definition) is 1. The largest absolute Gasteiger partial charge is 0.493 e. The average molecular weight is 361 g/mol. The molecule has 0 aromatic heterocycles. The number of hydrazone groups is 1. The molecule has 0 spiro atoms. The maximum absolute atomic E-state index is 5.58. The molecule has 2 aromatic carbocycles. The van der Waals surface area contributed by atoms with Crippen LogP contribution in [0.2, 0.25) is 0 Å². The molecule has 0 fully saturated rings. The fourth-order valence-electron chi connectivity index (χ4n) is 3.01. The Hall–Kier alpha value is -3.01. The first-order chi connectivity index (χ1) is 13.0. The van der Waals surface area contributed by atoms with Gasteiger partial charge in [0.2, 0.25) is 0 Å². The van der Waals surface area contributed by atoms with Crippen LogP contribution in [0.25, 0.3) is 5.70 Å². The molecule has 4 nitrogen and oxygen atoms in total. The Morgan fingerprint density at radius 1 is 1.19 bits per heavy atom. The smallest absolute Gasteiger partial charge is 0.122 e. The number of fused-ring (bicyclic) bond motifs is 1. The zero-order valence-corrected chi connectivity index (χ0v) is 16.5. The van der Waals surface area contributed by atoms with Gasteiger partial charge in [0.15, 0.2) is 0 Å². The lowest BCUT2D eigenvalue weighted by Crippen LogP contribution is -2.15. The molecule has 1 heterocycles. The summed E-state index contributed by atoms with van der Waals surface area (Å²) in [6, 6.07) is 14.4. The normalized spacial score (nSPS) is 12.4. The number of benzene rings is 2. The van der Waals surface area contributed by atoms with Crippen LogP contribution in [0.4, 0.5) is 11.4 Å². The van der Waals surface area contributed by atoms with Crippen LogP contribution in [0.5, 0.6) is 5.75 Å². The van der Waals surface area contributed by atoms with E-state index >= 15 is 0 Å². The van der Waals surface area contributed by atoms with Crippen LogP contribution in [0.1, 0.15) is 38.8 Å². The van der Waals surface area contributed by atoms with Gasteiger partial charge in [-0.25, -0.2) is 5.01 Å². The van der Waals surface area contributed by atoms with Crippen molar-refractivity contribution in [3.63, 3.8) is 0 Å². The number of allylic oxidation sites excluding steroid dienone is 2. The van der Waals surface area contributed by atoms with Crippen LogP contribution in [0, 0.1) is 0 Å². The van der Waals surface area contributed by atoms with Crippen LogP contribution in [-0.4, -0.2) is 12.8 Å². The van der Waals surface area contributed by atoms with E-state index in [2.05, 4.69) is 62.0 Å². The molecule has 0 saturated carbocycles. The monoisotopic (exact) mass is 361 g/mol. The fraction of sp³-hybridized carbons (Fsp3) is 0.261. The first kappa shape index (κ1) is 18.8. The zero-order valence-electron chi connectivity index (χ0n) is 16.5. The second-order valence-electron chi connectivity index (χ2n) is 6.85. The molecule has 27 heavy (non-hydrogen) atoms. The number of hydrogen-bond acceptors (Lipinski definition) is 4. The highest BCUT2D eigenvalue weighted by Crippen LogP contribution is 2.30. The molecule has 3 rings (SSSR count). The van der Waals surface area contributed by atoms with Gasteiger partial charge < -0.3 is 10.1 Å². The highest BCUT2D eigenvalue weighted by atomic mass is 16.5. The lowest BCUT2D eigenvalue weighted by molar-refractivity contribution is 0.357. The zero-order chi connectivity index (χ0) is 19.4. The Bertz CT molecular complexity index is 908. The SMILES string of the molecule is C=C(Nc1ccc2c(c1)CCO2)c1cccc(N(/N=C/C)C(C)=C(C)C)c1. The summed E-state index contributed by atoms with van der Waals surface area (Å²) in [5.41, 5.74) is 7.50. The molecular weight excluding hydrogens is 334 g/mol. The van der Waals surface area contributed by atoms with Gasteiger partial charge in [-0.15, -0.1) is 0 Å². The lowest BCUT2D eigenvalue weighted by atomic mass is 10.1. The third-order valence-corrected chi connectivity index (χ3v) is 4.70. The van der Waals surface area contributed by atoms with Gasteiger partial charge in [0, 0.05) is 29.7 Å².